The van der Waals surface area contributed by atoms with Gasteiger partial charge >= 0.3 is 0 Å². The number of anilines is 1. The van der Waals surface area contributed by atoms with Gasteiger partial charge in [-0.15, -0.1) is 0 Å². The summed E-state index contributed by atoms with van der Waals surface area (Å²) in [6.45, 7) is 3.48. The van der Waals surface area contributed by atoms with Crippen LogP contribution in [0.3, 0.4) is 0 Å². The molecule has 0 bridgehead atoms. The van der Waals surface area contributed by atoms with E-state index >= 15 is 0 Å². The zero-order chi connectivity index (χ0) is 13.9. The average molecular weight is 270 g/mol. The molecule has 98 valence electrons. The Hall–Kier alpha value is -1.59. The van der Waals surface area contributed by atoms with Gasteiger partial charge in [0.2, 0.25) is 11.8 Å². The lowest BCUT2D eigenvalue weighted by molar-refractivity contribution is -0.119. The highest BCUT2D eigenvalue weighted by molar-refractivity contribution is 6.33. The van der Waals surface area contributed by atoms with E-state index in [9.17, 15) is 9.59 Å². The minimum atomic E-state index is -0.642. The Morgan fingerprint density at radius 1 is 1.33 bits per heavy atom. The Bertz CT molecular complexity index is 474. The van der Waals surface area contributed by atoms with Gasteiger partial charge in [0.25, 0.3) is 0 Å². The number of hydrogen-bond acceptors (Lipinski definition) is 3. The highest BCUT2D eigenvalue weighted by Crippen LogP contribution is 2.20. The molecule has 5 N–H and O–H groups in total. The normalized spacial score (nSPS) is 13.8. The average Bonchev–Trinajstić information content (AvgIpc) is 2.29. The molecule has 18 heavy (non-hydrogen) atoms. The fraction of sp³-hybridized carbons (Fsp3) is 0.333. The molecule has 0 heterocycles. The highest BCUT2D eigenvalue weighted by Gasteiger charge is 2.17. The lowest BCUT2D eigenvalue weighted by Gasteiger charge is -2.15. The van der Waals surface area contributed by atoms with Crippen LogP contribution in [-0.4, -0.2) is 17.9 Å². The molecule has 5 nitrogen and oxygen atoms in total. The molecule has 1 rings (SSSR count). The largest absolute Gasteiger partial charge is 0.366 e. The van der Waals surface area contributed by atoms with E-state index in [0.29, 0.717) is 5.69 Å². The molecule has 0 aliphatic heterocycles. The highest BCUT2D eigenvalue weighted by atomic mass is 35.5. The maximum atomic E-state index is 11.8. The maximum Gasteiger partial charge on any atom is 0.250 e. The van der Waals surface area contributed by atoms with Crippen LogP contribution in [-0.2, 0) is 4.79 Å². The summed E-state index contributed by atoms with van der Waals surface area (Å²) in [4.78, 5) is 22.9. The summed E-state index contributed by atoms with van der Waals surface area (Å²) in [5, 5.41) is 2.91. The summed E-state index contributed by atoms with van der Waals surface area (Å²) in [7, 11) is 0. The van der Waals surface area contributed by atoms with Crippen LogP contribution in [0.2, 0.25) is 5.02 Å². The van der Waals surface area contributed by atoms with Crippen LogP contribution in [0.1, 0.15) is 24.2 Å². The van der Waals surface area contributed by atoms with Gasteiger partial charge < -0.3 is 16.8 Å². The van der Waals surface area contributed by atoms with Gasteiger partial charge in [-0.2, -0.15) is 0 Å². The molecule has 0 aliphatic carbocycles. The number of primary amides is 1. The number of nitrogens with one attached hydrogen (secondary N) is 1. The predicted octanol–water partition coefficient (Wildman–Crippen LogP) is 1.36. The topological polar surface area (TPSA) is 98.2 Å². The van der Waals surface area contributed by atoms with Crippen molar-refractivity contribution >= 4 is 29.1 Å². The van der Waals surface area contributed by atoms with Gasteiger partial charge in [-0.3, -0.25) is 9.59 Å². The SMILES string of the molecule is CC(N)C(C)C(=O)Nc1ccc(Cl)c(C(N)=O)c1. The van der Waals surface area contributed by atoms with Crippen molar-refractivity contribution in [1.82, 2.24) is 0 Å². The molecule has 1 aromatic rings. The molecule has 0 aliphatic rings. The number of carbonyl (C=O) groups excluding carboxylic acids is 2. The van der Waals surface area contributed by atoms with Crippen molar-refractivity contribution in [3.8, 4) is 0 Å². The van der Waals surface area contributed by atoms with E-state index in [1.165, 1.54) is 12.1 Å². The zero-order valence-electron chi connectivity index (χ0n) is 10.2. The number of amides is 2. The van der Waals surface area contributed by atoms with Crippen LogP contribution >= 0.6 is 11.6 Å². The number of halogens is 1. The van der Waals surface area contributed by atoms with Crippen molar-refractivity contribution in [2.45, 2.75) is 19.9 Å². The maximum absolute atomic E-state index is 11.8. The molecule has 0 aromatic heterocycles. The fourth-order valence-electron chi connectivity index (χ4n) is 1.29. The summed E-state index contributed by atoms with van der Waals surface area (Å²) in [6.07, 6.45) is 0. The monoisotopic (exact) mass is 269 g/mol. The first kappa shape index (κ1) is 14.5. The van der Waals surface area contributed by atoms with Crippen molar-refractivity contribution in [1.29, 1.82) is 0 Å². The number of carbonyl (C=O) groups is 2. The van der Waals surface area contributed by atoms with Crippen LogP contribution in [0.15, 0.2) is 18.2 Å². The number of rotatable bonds is 4. The third-order valence-corrected chi connectivity index (χ3v) is 3.03. The first-order chi connectivity index (χ1) is 8.32. The van der Waals surface area contributed by atoms with E-state index < -0.39 is 5.91 Å². The van der Waals surface area contributed by atoms with Gasteiger partial charge in [-0.25, -0.2) is 0 Å². The van der Waals surface area contributed by atoms with Crippen LogP contribution in [0.5, 0.6) is 0 Å². The van der Waals surface area contributed by atoms with Crippen molar-refractivity contribution < 1.29 is 9.59 Å². The van der Waals surface area contributed by atoms with Gasteiger partial charge in [-0.05, 0) is 25.1 Å². The fourth-order valence-corrected chi connectivity index (χ4v) is 1.50. The molecule has 2 atom stereocenters. The van der Waals surface area contributed by atoms with E-state index in [4.69, 9.17) is 23.1 Å². The molecule has 0 saturated heterocycles. The van der Waals surface area contributed by atoms with Crippen LogP contribution in [0.4, 0.5) is 5.69 Å². The Labute approximate surface area is 110 Å². The lowest BCUT2D eigenvalue weighted by Crippen LogP contribution is -2.34. The van der Waals surface area contributed by atoms with E-state index in [0.717, 1.165) is 0 Å². The first-order valence-corrected chi connectivity index (χ1v) is 5.86. The second-order valence-corrected chi connectivity index (χ2v) is 4.60. The summed E-state index contributed by atoms with van der Waals surface area (Å²) in [6, 6.07) is 4.29. The van der Waals surface area contributed by atoms with Gasteiger partial charge in [0.15, 0.2) is 0 Å². The lowest BCUT2D eigenvalue weighted by atomic mass is 10.0. The third kappa shape index (κ3) is 3.45. The molecule has 0 saturated carbocycles. The number of nitrogens with two attached hydrogens (primary N) is 2. The number of benzene rings is 1. The molecule has 0 spiro atoms. The Kier molecular flexibility index (Phi) is 4.69. The molecule has 0 fully saturated rings. The number of hydrogen-bond donors (Lipinski definition) is 3. The van der Waals surface area contributed by atoms with E-state index in [-0.39, 0.29) is 28.5 Å². The molecule has 6 heteroatoms. The van der Waals surface area contributed by atoms with E-state index in [2.05, 4.69) is 5.32 Å². The Morgan fingerprint density at radius 3 is 2.44 bits per heavy atom. The van der Waals surface area contributed by atoms with Gasteiger partial charge in [0.1, 0.15) is 0 Å². The zero-order valence-corrected chi connectivity index (χ0v) is 11.0. The van der Waals surface area contributed by atoms with E-state index in [1.54, 1.807) is 19.9 Å². The molecular formula is C12H16ClN3O2. The predicted molar refractivity (Wildman–Crippen MR) is 71.4 cm³/mol. The minimum Gasteiger partial charge on any atom is -0.366 e. The minimum absolute atomic E-state index is 0.169. The molecular weight excluding hydrogens is 254 g/mol. The standard InChI is InChI=1S/C12H16ClN3O2/c1-6(7(2)14)12(18)16-8-3-4-10(13)9(5-8)11(15)17/h3-7H,14H2,1-2H3,(H2,15,17)(H,16,18). The van der Waals surface area contributed by atoms with Crippen molar-refractivity contribution in [3.63, 3.8) is 0 Å². The molecule has 2 amide bonds. The van der Waals surface area contributed by atoms with Gasteiger partial charge in [0.05, 0.1) is 16.5 Å². The van der Waals surface area contributed by atoms with Crippen molar-refractivity contribution in [3.05, 3.63) is 28.8 Å². The molecule has 1 aromatic carbocycles. The van der Waals surface area contributed by atoms with Crippen LogP contribution < -0.4 is 16.8 Å². The first-order valence-electron chi connectivity index (χ1n) is 5.48. The molecule has 0 radical (unpaired) electrons. The second kappa shape index (κ2) is 5.84. The Balaban J connectivity index is 2.89. The molecule has 2 unspecified atom stereocenters. The van der Waals surface area contributed by atoms with Gasteiger partial charge in [0, 0.05) is 11.7 Å². The van der Waals surface area contributed by atoms with E-state index in [1.807, 2.05) is 0 Å². The van der Waals surface area contributed by atoms with Crippen LogP contribution in [0.25, 0.3) is 0 Å². The van der Waals surface area contributed by atoms with Crippen molar-refractivity contribution in [2.24, 2.45) is 17.4 Å². The summed E-state index contributed by atoms with van der Waals surface area (Å²) < 4.78 is 0. The van der Waals surface area contributed by atoms with Crippen LogP contribution in [0, 0.1) is 5.92 Å². The Morgan fingerprint density at radius 2 is 1.94 bits per heavy atom. The third-order valence-electron chi connectivity index (χ3n) is 2.70. The summed E-state index contributed by atoms with van der Waals surface area (Å²) in [5.41, 5.74) is 11.4. The summed E-state index contributed by atoms with van der Waals surface area (Å²) in [5.74, 6) is -1.20. The summed E-state index contributed by atoms with van der Waals surface area (Å²) >= 11 is 5.81. The van der Waals surface area contributed by atoms with Crippen molar-refractivity contribution in [2.75, 3.05) is 5.32 Å². The smallest absolute Gasteiger partial charge is 0.250 e. The second-order valence-electron chi connectivity index (χ2n) is 4.20. The van der Waals surface area contributed by atoms with Gasteiger partial charge in [-0.1, -0.05) is 18.5 Å². The quantitative estimate of drug-likeness (QED) is 0.770.